The largest absolute Gasteiger partial charge is 0.494 e. The maximum absolute atomic E-state index is 12.3. The molecule has 2 aromatic heterocycles. The molecule has 0 saturated heterocycles. The lowest BCUT2D eigenvalue weighted by Gasteiger charge is -2.04. The number of anilines is 1. The number of carbonyl (C=O) groups is 1. The Balaban J connectivity index is 1.39. The van der Waals surface area contributed by atoms with Crippen LogP contribution in [0.5, 0.6) is 5.75 Å². The number of carbonyl (C=O) groups excluding carboxylic acids is 1. The van der Waals surface area contributed by atoms with E-state index in [0.29, 0.717) is 18.3 Å². The number of para-hydroxylation sites is 1. The number of aromatic nitrogens is 2. The van der Waals surface area contributed by atoms with Crippen LogP contribution in [0.1, 0.15) is 13.3 Å². The highest BCUT2D eigenvalue weighted by molar-refractivity contribution is 7.16. The summed E-state index contributed by atoms with van der Waals surface area (Å²) in [5.74, 6) is 0.649. The van der Waals surface area contributed by atoms with Gasteiger partial charge >= 0.3 is 4.87 Å². The summed E-state index contributed by atoms with van der Waals surface area (Å²) in [5, 5.41) is 5.27. The Morgan fingerprint density at radius 2 is 1.97 bits per heavy atom. The van der Waals surface area contributed by atoms with Crippen molar-refractivity contribution in [2.75, 3.05) is 11.9 Å². The number of rotatable bonds is 7. The number of amides is 1. The second kappa shape index (κ2) is 8.59. The van der Waals surface area contributed by atoms with Crippen molar-refractivity contribution in [2.24, 2.45) is 0 Å². The summed E-state index contributed by atoms with van der Waals surface area (Å²) in [6, 6.07) is 15.3. The molecule has 6 nitrogen and oxygen atoms in total. The Morgan fingerprint density at radius 3 is 2.76 bits per heavy atom. The normalized spacial score (nSPS) is 10.9. The minimum Gasteiger partial charge on any atom is -0.494 e. The Kier molecular flexibility index (Phi) is 5.73. The molecule has 2 aromatic carbocycles. The van der Waals surface area contributed by atoms with E-state index in [1.807, 2.05) is 60.8 Å². The Morgan fingerprint density at radius 1 is 1.17 bits per heavy atom. The Labute approximate surface area is 175 Å². The summed E-state index contributed by atoms with van der Waals surface area (Å²) in [4.78, 5) is 28.9. The second-order valence-corrected chi connectivity index (χ2v) is 8.13. The van der Waals surface area contributed by atoms with Gasteiger partial charge in [-0.25, -0.2) is 4.98 Å². The van der Waals surface area contributed by atoms with Crippen molar-refractivity contribution in [2.45, 2.75) is 19.9 Å². The zero-order valence-corrected chi connectivity index (χ0v) is 17.4. The van der Waals surface area contributed by atoms with Gasteiger partial charge in [0.05, 0.1) is 22.5 Å². The molecule has 0 fully saturated rings. The molecule has 8 heteroatoms. The number of nitrogens with one attached hydrogen (secondary N) is 1. The first-order valence-corrected chi connectivity index (χ1v) is 10.9. The summed E-state index contributed by atoms with van der Waals surface area (Å²) in [6.07, 6.45) is 0.207. The molecule has 1 amide bonds. The summed E-state index contributed by atoms with van der Waals surface area (Å²) in [5.41, 5.74) is 2.62. The molecule has 0 bridgehead atoms. The van der Waals surface area contributed by atoms with Crippen LogP contribution in [0.25, 0.3) is 21.5 Å². The number of ether oxygens (including phenoxy) is 1. The number of hydrogen-bond acceptors (Lipinski definition) is 6. The van der Waals surface area contributed by atoms with Crippen molar-refractivity contribution in [1.82, 2.24) is 9.55 Å². The van der Waals surface area contributed by atoms with Crippen molar-refractivity contribution < 1.29 is 9.53 Å². The molecule has 29 heavy (non-hydrogen) atoms. The topological polar surface area (TPSA) is 73.2 Å². The van der Waals surface area contributed by atoms with Gasteiger partial charge in [-0.1, -0.05) is 23.5 Å². The van der Waals surface area contributed by atoms with Crippen LogP contribution in [-0.2, 0) is 11.3 Å². The van der Waals surface area contributed by atoms with E-state index in [2.05, 4.69) is 10.3 Å². The van der Waals surface area contributed by atoms with Gasteiger partial charge in [0.1, 0.15) is 5.75 Å². The fraction of sp³-hybridized carbons (Fsp3) is 0.190. The van der Waals surface area contributed by atoms with Gasteiger partial charge in [0, 0.05) is 23.9 Å². The van der Waals surface area contributed by atoms with Crippen LogP contribution in [-0.4, -0.2) is 22.1 Å². The van der Waals surface area contributed by atoms with Crippen LogP contribution in [0, 0.1) is 0 Å². The SMILES string of the molecule is CCOc1ccc(-c2csc(NC(=O)CCn3c(=O)sc4ccccc43)n2)cc1. The maximum Gasteiger partial charge on any atom is 0.308 e. The molecule has 0 aliphatic carbocycles. The molecule has 0 radical (unpaired) electrons. The van der Waals surface area contributed by atoms with E-state index in [1.165, 1.54) is 22.7 Å². The van der Waals surface area contributed by atoms with Gasteiger partial charge in [0.2, 0.25) is 5.91 Å². The van der Waals surface area contributed by atoms with Crippen molar-refractivity contribution >= 4 is 43.9 Å². The van der Waals surface area contributed by atoms with Gasteiger partial charge in [0.15, 0.2) is 5.13 Å². The van der Waals surface area contributed by atoms with E-state index in [-0.39, 0.29) is 17.2 Å². The van der Waals surface area contributed by atoms with E-state index in [0.717, 1.165) is 27.2 Å². The predicted octanol–water partition coefficient (Wildman–Crippen LogP) is 4.61. The second-order valence-electron chi connectivity index (χ2n) is 6.28. The van der Waals surface area contributed by atoms with E-state index in [4.69, 9.17) is 4.74 Å². The number of fused-ring (bicyclic) bond motifs is 1. The van der Waals surface area contributed by atoms with E-state index in [9.17, 15) is 9.59 Å². The summed E-state index contributed by atoms with van der Waals surface area (Å²) >= 11 is 2.57. The predicted molar refractivity (Wildman–Crippen MR) is 118 cm³/mol. The quantitative estimate of drug-likeness (QED) is 0.469. The molecule has 0 atom stereocenters. The van der Waals surface area contributed by atoms with Crippen LogP contribution in [0.3, 0.4) is 0 Å². The minimum atomic E-state index is -0.167. The summed E-state index contributed by atoms with van der Waals surface area (Å²) in [6.45, 7) is 2.91. The fourth-order valence-electron chi connectivity index (χ4n) is 2.97. The summed E-state index contributed by atoms with van der Waals surface area (Å²) < 4.78 is 8.02. The lowest BCUT2D eigenvalue weighted by Crippen LogP contribution is -2.19. The molecule has 148 valence electrons. The van der Waals surface area contributed by atoms with Crippen molar-refractivity contribution in [3.8, 4) is 17.0 Å². The molecular formula is C21H19N3O3S2. The maximum atomic E-state index is 12.3. The van der Waals surface area contributed by atoms with Crippen molar-refractivity contribution in [3.63, 3.8) is 0 Å². The monoisotopic (exact) mass is 425 g/mol. The van der Waals surface area contributed by atoms with Crippen LogP contribution >= 0.6 is 22.7 Å². The first-order chi connectivity index (χ1) is 14.1. The highest BCUT2D eigenvalue weighted by Crippen LogP contribution is 2.26. The summed E-state index contributed by atoms with van der Waals surface area (Å²) in [7, 11) is 0. The fourth-order valence-corrected chi connectivity index (χ4v) is 4.63. The zero-order chi connectivity index (χ0) is 20.2. The first-order valence-electron chi connectivity index (χ1n) is 9.21. The molecule has 2 heterocycles. The van der Waals surface area contributed by atoms with Gasteiger partial charge in [0.25, 0.3) is 0 Å². The number of thiazole rings is 2. The zero-order valence-electron chi connectivity index (χ0n) is 15.8. The standard InChI is InChI=1S/C21H19N3O3S2/c1-2-27-15-9-7-14(8-10-15)16-13-28-20(22-16)23-19(25)11-12-24-17-5-3-4-6-18(17)29-21(24)26/h3-10,13H,2,11-12H2,1H3,(H,22,23,25). The van der Waals surface area contributed by atoms with Gasteiger partial charge in [-0.3, -0.25) is 14.2 Å². The first kappa shape index (κ1) is 19.4. The third kappa shape index (κ3) is 4.38. The molecule has 0 spiro atoms. The van der Waals surface area contributed by atoms with Crippen LogP contribution < -0.4 is 14.9 Å². The Bertz CT molecular complexity index is 1190. The molecule has 0 aliphatic heterocycles. The molecule has 0 saturated carbocycles. The molecule has 4 aromatic rings. The average molecular weight is 426 g/mol. The van der Waals surface area contributed by atoms with Crippen molar-refractivity contribution in [1.29, 1.82) is 0 Å². The number of hydrogen-bond donors (Lipinski definition) is 1. The molecule has 0 aliphatic rings. The smallest absolute Gasteiger partial charge is 0.308 e. The van der Waals surface area contributed by atoms with Crippen LogP contribution in [0.15, 0.2) is 58.7 Å². The molecule has 1 N–H and O–H groups in total. The van der Waals surface area contributed by atoms with E-state index >= 15 is 0 Å². The number of aryl methyl sites for hydroxylation is 1. The number of nitrogens with zero attached hydrogens (tertiary/aromatic N) is 2. The Hall–Kier alpha value is -2.97. The van der Waals surface area contributed by atoms with Gasteiger partial charge < -0.3 is 10.1 Å². The molecule has 4 rings (SSSR count). The molecule has 0 unspecified atom stereocenters. The number of benzene rings is 2. The highest BCUT2D eigenvalue weighted by Gasteiger charge is 2.11. The van der Waals surface area contributed by atoms with Gasteiger partial charge in [-0.2, -0.15) is 0 Å². The van der Waals surface area contributed by atoms with Crippen LogP contribution in [0.4, 0.5) is 5.13 Å². The average Bonchev–Trinajstić information content (AvgIpc) is 3.31. The molecular weight excluding hydrogens is 406 g/mol. The van der Waals surface area contributed by atoms with E-state index in [1.54, 1.807) is 4.57 Å². The van der Waals surface area contributed by atoms with Crippen molar-refractivity contribution in [3.05, 3.63) is 63.6 Å². The third-order valence-electron chi connectivity index (χ3n) is 4.35. The third-order valence-corrected chi connectivity index (χ3v) is 6.07. The van der Waals surface area contributed by atoms with Crippen LogP contribution in [0.2, 0.25) is 0 Å². The van der Waals surface area contributed by atoms with E-state index < -0.39 is 0 Å². The lowest BCUT2D eigenvalue weighted by molar-refractivity contribution is -0.116. The van der Waals surface area contributed by atoms with Gasteiger partial charge in [-0.05, 0) is 43.3 Å². The minimum absolute atomic E-state index is 0.0500. The van der Waals surface area contributed by atoms with Gasteiger partial charge in [-0.15, -0.1) is 11.3 Å². The highest BCUT2D eigenvalue weighted by atomic mass is 32.1. The lowest BCUT2D eigenvalue weighted by atomic mass is 10.2.